The molecule has 2 aromatic carbocycles. The lowest BCUT2D eigenvalue weighted by atomic mass is 9.85. The Hall–Kier alpha value is -2.13. The number of esters is 1. The molecule has 114 valence electrons. The highest BCUT2D eigenvalue weighted by Gasteiger charge is 2.29. The quantitative estimate of drug-likeness (QED) is 0.883. The highest BCUT2D eigenvalue weighted by Crippen LogP contribution is 2.39. The van der Waals surface area contributed by atoms with E-state index in [-0.39, 0.29) is 11.9 Å². The Morgan fingerprint density at radius 3 is 2.45 bits per heavy atom. The molecular formula is C19H20O3. The molecule has 0 aromatic heterocycles. The number of fused-ring (bicyclic) bond motifs is 2. The molecule has 0 amide bonds. The first-order chi connectivity index (χ1) is 10.7. The molecule has 0 aliphatic heterocycles. The fraction of sp³-hybridized carbons (Fsp3) is 0.316. The van der Waals surface area contributed by atoms with Gasteiger partial charge >= 0.3 is 5.97 Å². The van der Waals surface area contributed by atoms with Crippen molar-refractivity contribution >= 4 is 5.97 Å². The number of hydrogen-bond donors (Lipinski definition) is 1. The zero-order chi connectivity index (χ0) is 15.5. The Morgan fingerprint density at radius 2 is 1.73 bits per heavy atom. The lowest BCUT2D eigenvalue weighted by Gasteiger charge is -2.19. The molecular weight excluding hydrogens is 276 g/mol. The van der Waals surface area contributed by atoms with Gasteiger partial charge in [0.2, 0.25) is 0 Å². The fourth-order valence-corrected chi connectivity index (χ4v) is 3.28. The van der Waals surface area contributed by atoms with Crippen LogP contribution in [0, 0.1) is 0 Å². The topological polar surface area (TPSA) is 46.5 Å². The molecule has 0 bridgehead atoms. The van der Waals surface area contributed by atoms with E-state index in [2.05, 4.69) is 0 Å². The molecule has 2 atom stereocenters. The molecule has 1 aliphatic carbocycles. The normalized spacial score (nSPS) is 19.7. The summed E-state index contributed by atoms with van der Waals surface area (Å²) in [6.07, 6.45) is 0.339. The summed E-state index contributed by atoms with van der Waals surface area (Å²) in [5.74, 6) is -0.267. The molecule has 0 heterocycles. The molecule has 0 saturated carbocycles. The van der Waals surface area contributed by atoms with Crippen LogP contribution in [-0.2, 0) is 16.0 Å². The summed E-state index contributed by atoms with van der Waals surface area (Å²) in [6, 6.07) is 15.9. The number of ether oxygens (including phenoxy) is 1. The van der Waals surface area contributed by atoms with E-state index in [1.807, 2.05) is 55.5 Å². The van der Waals surface area contributed by atoms with Crippen molar-refractivity contribution < 1.29 is 14.6 Å². The van der Waals surface area contributed by atoms with Crippen LogP contribution in [0.5, 0.6) is 0 Å². The Kier molecular flexibility index (Phi) is 4.25. The second kappa shape index (κ2) is 6.32. The minimum Gasteiger partial charge on any atom is -0.466 e. The van der Waals surface area contributed by atoms with Crippen molar-refractivity contribution in [2.45, 2.75) is 31.8 Å². The summed E-state index contributed by atoms with van der Waals surface area (Å²) in [6.45, 7) is 2.20. The zero-order valence-corrected chi connectivity index (χ0v) is 12.7. The maximum absolute atomic E-state index is 12.0. The smallest absolute Gasteiger partial charge is 0.306 e. The van der Waals surface area contributed by atoms with Gasteiger partial charge in [0.25, 0.3) is 0 Å². The summed E-state index contributed by atoms with van der Waals surface area (Å²) >= 11 is 0. The SMILES string of the molecule is CCOC(=O)CC1c2ccccc2CC(O)c2ccccc21. The number of aliphatic hydroxyl groups excluding tert-OH is 1. The molecule has 3 heteroatoms. The summed E-state index contributed by atoms with van der Waals surface area (Å²) in [5, 5.41) is 10.5. The van der Waals surface area contributed by atoms with Crippen molar-refractivity contribution in [3.05, 3.63) is 70.8 Å². The van der Waals surface area contributed by atoms with Gasteiger partial charge in [0.1, 0.15) is 0 Å². The van der Waals surface area contributed by atoms with Crippen molar-refractivity contribution in [1.29, 1.82) is 0 Å². The first-order valence-electron chi connectivity index (χ1n) is 7.71. The second-order valence-corrected chi connectivity index (χ2v) is 5.61. The van der Waals surface area contributed by atoms with Crippen LogP contribution < -0.4 is 0 Å². The van der Waals surface area contributed by atoms with Crippen LogP contribution in [0.25, 0.3) is 0 Å². The van der Waals surface area contributed by atoms with E-state index in [4.69, 9.17) is 4.74 Å². The Morgan fingerprint density at radius 1 is 1.09 bits per heavy atom. The second-order valence-electron chi connectivity index (χ2n) is 5.61. The lowest BCUT2D eigenvalue weighted by Crippen LogP contribution is -2.13. The zero-order valence-electron chi connectivity index (χ0n) is 12.7. The number of rotatable bonds is 3. The van der Waals surface area contributed by atoms with Crippen molar-refractivity contribution in [2.75, 3.05) is 6.61 Å². The Balaban J connectivity index is 2.09. The van der Waals surface area contributed by atoms with Crippen molar-refractivity contribution in [3.8, 4) is 0 Å². The highest BCUT2D eigenvalue weighted by molar-refractivity contribution is 5.72. The van der Waals surface area contributed by atoms with Gasteiger partial charge in [-0.3, -0.25) is 4.79 Å². The molecule has 0 fully saturated rings. The van der Waals surface area contributed by atoms with Crippen molar-refractivity contribution in [2.24, 2.45) is 0 Å². The van der Waals surface area contributed by atoms with Gasteiger partial charge in [0.15, 0.2) is 0 Å². The third kappa shape index (κ3) is 2.77. The molecule has 0 spiro atoms. The molecule has 0 saturated heterocycles. The number of carbonyl (C=O) groups excluding carboxylic acids is 1. The summed E-state index contributed by atoms with van der Waals surface area (Å²) in [7, 11) is 0. The molecule has 1 N–H and O–H groups in total. The van der Waals surface area contributed by atoms with Crippen LogP contribution in [0.1, 0.15) is 47.6 Å². The number of carbonyl (C=O) groups is 1. The Labute approximate surface area is 130 Å². The summed E-state index contributed by atoms with van der Waals surface area (Å²) < 4.78 is 5.14. The van der Waals surface area contributed by atoms with E-state index < -0.39 is 6.10 Å². The molecule has 1 aliphatic rings. The van der Waals surface area contributed by atoms with E-state index in [0.717, 1.165) is 22.3 Å². The monoisotopic (exact) mass is 296 g/mol. The van der Waals surface area contributed by atoms with Gasteiger partial charge in [0, 0.05) is 12.3 Å². The lowest BCUT2D eigenvalue weighted by molar-refractivity contribution is -0.143. The maximum Gasteiger partial charge on any atom is 0.306 e. The van der Waals surface area contributed by atoms with Crippen LogP contribution >= 0.6 is 0 Å². The largest absolute Gasteiger partial charge is 0.466 e. The standard InChI is InChI=1S/C19H20O3/c1-2-22-19(21)12-17-14-8-4-3-7-13(14)11-18(20)16-10-6-5-9-15(16)17/h3-10,17-18,20H,2,11-12H2,1H3. The van der Waals surface area contributed by atoms with Crippen LogP contribution in [0.15, 0.2) is 48.5 Å². The van der Waals surface area contributed by atoms with Gasteiger partial charge in [-0.2, -0.15) is 0 Å². The molecule has 2 aromatic rings. The predicted octanol–water partition coefficient (Wildman–Crippen LogP) is 3.36. The third-order valence-corrected chi connectivity index (χ3v) is 4.25. The minimum atomic E-state index is -0.537. The average Bonchev–Trinajstić information content (AvgIpc) is 2.64. The van der Waals surface area contributed by atoms with E-state index in [0.29, 0.717) is 19.4 Å². The van der Waals surface area contributed by atoms with Crippen molar-refractivity contribution in [3.63, 3.8) is 0 Å². The number of hydrogen-bond acceptors (Lipinski definition) is 3. The molecule has 3 nitrogen and oxygen atoms in total. The minimum absolute atomic E-state index is 0.0661. The molecule has 2 unspecified atom stereocenters. The van der Waals surface area contributed by atoms with Gasteiger partial charge in [-0.15, -0.1) is 0 Å². The van der Waals surface area contributed by atoms with Gasteiger partial charge in [-0.25, -0.2) is 0 Å². The van der Waals surface area contributed by atoms with Crippen LogP contribution in [-0.4, -0.2) is 17.7 Å². The fourth-order valence-electron chi connectivity index (χ4n) is 3.28. The molecule has 22 heavy (non-hydrogen) atoms. The van der Waals surface area contributed by atoms with E-state index in [1.54, 1.807) is 0 Å². The van der Waals surface area contributed by atoms with Crippen molar-refractivity contribution in [1.82, 2.24) is 0 Å². The van der Waals surface area contributed by atoms with E-state index in [1.165, 1.54) is 0 Å². The van der Waals surface area contributed by atoms with Gasteiger partial charge in [-0.05, 0) is 29.2 Å². The predicted molar refractivity (Wildman–Crippen MR) is 84.6 cm³/mol. The van der Waals surface area contributed by atoms with Crippen LogP contribution in [0.3, 0.4) is 0 Å². The Bertz CT molecular complexity index is 678. The number of aliphatic hydroxyl groups is 1. The van der Waals surface area contributed by atoms with Gasteiger partial charge in [0.05, 0.1) is 19.1 Å². The average molecular weight is 296 g/mol. The highest BCUT2D eigenvalue weighted by atomic mass is 16.5. The van der Waals surface area contributed by atoms with Gasteiger partial charge in [-0.1, -0.05) is 48.5 Å². The van der Waals surface area contributed by atoms with E-state index in [9.17, 15) is 9.90 Å². The molecule has 3 rings (SSSR count). The van der Waals surface area contributed by atoms with Crippen LogP contribution in [0.4, 0.5) is 0 Å². The summed E-state index contributed by atoms with van der Waals surface area (Å²) in [5.41, 5.74) is 4.14. The maximum atomic E-state index is 12.0. The first-order valence-corrected chi connectivity index (χ1v) is 7.71. The molecule has 0 radical (unpaired) electrons. The number of benzene rings is 2. The summed E-state index contributed by atoms with van der Waals surface area (Å²) in [4.78, 5) is 12.0. The van der Waals surface area contributed by atoms with Crippen LogP contribution in [0.2, 0.25) is 0 Å². The third-order valence-electron chi connectivity index (χ3n) is 4.25. The van der Waals surface area contributed by atoms with E-state index >= 15 is 0 Å². The first kappa shape index (κ1) is 14.8. The van der Waals surface area contributed by atoms with Gasteiger partial charge < -0.3 is 9.84 Å².